The van der Waals surface area contributed by atoms with Gasteiger partial charge in [0.05, 0.1) is 5.69 Å². The standard InChI is InChI=1S/C45H41NO/c1-44(2,3)40-23-13-16-32(43(40)47)29-46-33-26-24-30(25-27-33)14-12-15-31-28-41(37-20-9-6-17-34(31)37)45(4,5)42-38-21-10-7-18-35(38)36-19-8-11-22-39(36)42/h6-11,13,16-29,41-42,47H,15H2,1-5H3. The van der Waals surface area contributed by atoms with Gasteiger partial charge in [-0.3, -0.25) is 4.99 Å². The van der Waals surface area contributed by atoms with E-state index in [1.165, 1.54) is 39.0 Å². The molecule has 0 heterocycles. The number of fused-ring (bicyclic) bond motifs is 4. The topological polar surface area (TPSA) is 32.6 Å². The van der Waals surface area contributed by atoms with Gasteiger partial charge in [-0.25, -0.2) is 0 Å². The van der Waals surface area contributed by atoms with E-state index in [0.29, 0.717) is 17.9 Å². The summed E-state index contributed by atoms with van der Waals surface area (Å²) in [6.45, 7) is 11.2. The van der Waals surface area contributed by atoms with Gasteiger partial charge < -0.3 is 5.11 Å². The normalized spacial score (nSPS) is 15.5. The van der Waals surface area contributed by atoms with Crippen molar-refractivity contribution in [3.05, 3.63) is 160 Å². The van der Waals surface area contributed by atoms with Gasteiger partial charge in [0.1, 0.15) is 5.75 Å². The van der Waals surface area contributed by atoms with Crippen LogP contribution in [-0.2, 0) is 5.41 Å². The van der Waals surface area contributed by atoms with Crippen LogP contribution in [0.2, 0.25) is 0 Å². The molecule has 0 amide bonds. The predicted octanol–water partition coefficient (Wildman–Crippen LogP) is 11.2. The fourth-order valence-corrected chi connectivity index (χ4v) is 7.63. The van der Waals surface area contributed by atoms with Crippen LogP contribution < -0.4 is 0 Å². The average Bonchev–Trinajstić information content (AvgIpc) is 3.61. The second-order valence-electron chi connectivity index (χ2n) is 14.5. The van der Waals surface area contributed by atoms with Crippen LogP contribution in [0.1, 0.15) is 91.8 Å². The minimum Gasteiger partial charge on any atom is -0.507 e. The van der Waals surface area contributed by atoms with Crippen LogP contribution in [-0.4, -0.2) is 11.3 Å². The van der Waals surface area contributed by atoms with Gasteiger partial charge in [0.15, 0.2) is 0 Å². The summed E-state index contributed by atoms with van der Waals surface area (Å²) in [5.74, 6) is 7.74. The molecule has 232 valence electrons. The van der Waals surface area contributed by atoms with Crippen LogP contribution in [0.15, 0.2) is 126 Å². The van der Waals surface area contributed by atoms with Crippen molar-refractivity contribution in [2.45, 2.75) is 58.3 Å². The molecule has 5 aromatic rings. The fourth-order valence-electron chi connectivity index (χ4n) is 7.63. The zero-order valence-corrected chi connectivity index (χ0v) is 27.9. The van der Waals surface area contributed by atoms with Gasteiger partial charge in [0, 0.05) is 35.6 Å². The Morgan fingerprint density at radius 1 is 0.681 bits per heavy atom. The van der Waals surface area contributed by atoms with E-state index in [4.69, 9.17) is 0 Å². The van der Waals surface area contributed by atoms with E-state index >= 15 is 0 Å². The molecule has 1 atom stereocenters. The number of aromatic hydroxyl groups is 1. The Bertz CT molecular complexity index is 2050. The first-order chi connectivity index (χ1) is 22.6. The number of rotatable bonds is 5. The van der Waals surface area contributed by atoms with Crippen LogP contribution in [0.5, 0.6) is 5.75 Å². The quantitative estimate of drug-likeness (QED) is 0.156. The Labute approximate surface area is 279 Å². The third-order valence-corrected chi connectivity index (χ3v) is 10.00. The summed E-state index contributed by atoms with van der Waals surface area (Å²) in [6.07, 6.45) is 4.92. The summed E-state index contributed by atoms with van der Waals surface area (Å²) in [5, 5.41) is 10.8. The maximum Gasteiger partial charge on any atom is 0.128 e. The molecule has 0 bridgehead atoms. The lowest BCUT2D eigenvalue weighted by Gasteiger charge is -2.38. The van der Waals surface area contributed by atoms with Crippen molar-refractivity contribution in [2.75, 3.05) is 0 Å². The minimum absolute atomic E-state index is 0.0464. The number of phenols is 1. The zero-order valence-electron chi connectivity index (χ0n) is 27.9. The first-order valence-corrected chi connectivity index (χ1v) is 16.6. The van der Waals surface area contributed by atoms with Crippen molar-refractivity contribution in [2.24, 2.45) is 10.4 Å². The van der Waals surface area contributed by atoms with E-state index in [0.717, 1.165) is 16.8 Å². The van der Waals surface area contributed by atoms with E-state index in [1.807, 2.05) is 42.5 Å². The van der Waals surface area contributed by atoms with Crippen molar-refractivity contribution in [1.29, 1.82) is 0 Å². The van der Waals surface area contributed by atoms with E-state index < -0.39 is 0 Å². The molecule has 0 saturated heterocycles. The largest absolute Gasteiger partial charge is 0.507 e. The Balaban J connectivity index is 1.11. The van der Waals surface area contributed by atoms with Crippen molar-refractivity contribution in [3.63, 3.8) is 0 Å². The fraction of sp³-hybridized carbons (Fsp3) is 0.222. The second-order valence-corrected chi connectivity index (χ2v) is 14.5. The summed E-state index contributed by atoms with van der Waals surface area (Å²) in [4.78, 5) is 4.62. The summed E-state index contributed by atoms with van der Waals surface area (Å²) in [7, 11) is 0. The SMILES string of the molecule is CC(C)(C)c1cccc(C=Nc2ccc(C#CCC3=CC(C(C)(C)C4c5ccccc5-c5ccccc54)c4ccccc43)cc2)c1O. The van der Waals surface area contributed by atoms with Gasteiger partial charge in [0.25, 0.3) is 0 Å². The Morgan fingerprint density at radius 2 is 1.28 bits per heavy atom. The highest BCUT2D eigenvalue weighted by Crippen LogP contribution is 2.59. The van der Waals surface area contributed by atoms with E-state index in [2.05, 4.69) is 130 Å². The number of phenolic OH excluding ortho intramolecular Hbond substituents is 1. The van der Waals surface area contributed by atoms with Gasteiger partial charge in [-0.1, -0.05) is 137 Å². The van der Waals surface area contributed by atoms with Crippen LogP contribution >= 0.6 is 0 Å². The molecular formula is C45H41NO. The molecule has 0 spiro atoms. The number of hydrogen-bond donors (Lipinski definition) is 1. The molecule has 0 radical (unpaired) electrons. The molecule has 0 aromatic heterocycles. The maximum atomic E-state index is 10.8. The third-order valence-electron chi connectivity index (χ3n) is 10.00. The van der Waals surface area contributed by atoms with Crippen LogP contribution in [0.25, 0.3) is 16.7 Å². The van der Waals surface area contributed by atoms with Gasteiger partial charge in [-0.05, 0) is 85.7 Å². The maximum absolute atomic E-state index is 10.8. The van der Waals surface area contributed by atoms with E-state index in [-0.39, 0.29) is 22.5 Å². The molecular weight excluding hydrogens is 571 g/mol. The Kier molecular flexibility index (Phi) is 7.73. The molecule has 2 nitrogen and oxygen atoms in total. The highest BCUT2D eigenvalue weighted by atomic mass is 16.3. The summed E-state index contributed by atoms with van der Waals surface area (Å²) in [6, 6.07) is 40.6. The van der Waals surface area contributed by atoms with Gasteiger partial charge in [0.2, 0.25) is 0 Å². The zero-order chi connectivity index (χ0) is 32.8. The molecule has 0 aliphatic heterocycles. The third kappa shape index (κ3) is 5.61. The van der Waals surface area contributed by atoms with Crippen LogP contribution in [0, 0.1) is 17.3 Å². The second kappa shape index (κ2) is 11.9. The lowest BCUT2D eigenvalue weighted by atomic mass is 9.64. The van der Waals surface area contributed by atoms with E-state index in [9.17, 15) is 5.11 Å². The lowest BCUT2D eigenvalue weighted by Crippen LogP contribution is -2.28. The molecule has 47 heavy (non-hydrogen) atoms. The molecule has 5 aromatic carbocycles. The van der Waals surface area contributed by atoms with Gasteiger partial charge in [-0.2, -0.15) is 0 Å². The predicted molar refractivity (Wildman–Crippen MR) is 197 cm³/mol. The van der Waals surface area contributed by atoms with Gasteiger partial charge >= 0.3 is 0 Å². The lowest BCUT2D eigenvalue weighted by molar-refractivity contribution is 0.287. The molecule has 1 unspecified atom stereocenters. The number of para-hydroxylation sites is 1. The Hall–Kier alpha value is -5.13. The van der Waals surface area contributed by atoms with Crippen molar-refractivity contribution < 1.29 is 5.11 Å². The monoisotopic (exact) mass is 611 g/mol. The summed E-state index contributed by atoms with van der Waals surface area (Å²) < 4.78 is 0. The number of aliphatic imine (C=N–C) groups is 1. The Morgan fingerprint density at radius 3 is 1.91 bits per heavy atom. The average molecular weight is 612 g/mol. The number of benzene rings is 5. The molecule has 1 N–H and O–H groups in total. The summed E-state index contributed by atoms with van der Waals surface area (Å²) in [5.41, 5.74) is 12.9. The molecule has 0 fully saturated rings. The first kappa shape index (κ1) is 30.5. The highest BCUT2D eigenvalue weighted by molar-refractivity contribution is 5.86. The number of hydrogen-bond acceptors (Lipinski definition) is 2. The van der Waals surface area contributed by atoms with Crippen LogP contribution in [0.4, 0.5) is 5.69 Å². The first-order valence-electron chi connectivity index (χ1n) is 16.6. The van der Waals surface area contributed by atoms with Gasteiger partial charge in [-0.15, -0.1) is 0 Å². The smallest absolute Gasteiger partial charge is 0.128 e. The minimum atomic E-state index is -0.142. The molecule has 2 aliphatic rings. The van der Waals surface area contributed by atoms with Crippen LogP contribution in [0.3, 0.4) is 0 Å². The molecule has 7 rings (SSSR count). The summed E-state index contributed by atoms with van der Waals surface area (Å²) >= 11 is 0. The van der Waals surface area contributed by atoms with Crippen molar-refractivity contribution >= 4 is 17.5 Å². The molecule has 0 saturated carbocycles. The number of allylic oxidation sites excluding steroid dienone is 2. The molecule has 2 aliphatic carbocycles. The van der Waals surface area contributed by atoms with Crippen molar-refractivity contribution in [1.82, 2.24) is 0 Å². The van der Waals surface area contributed by atoms with Crippen molar-refractivity contribution in [3.8, 4) is 28.7 Å². The molecule has 2 heteroatoms. The van der Waals surface area contributed by atoms with E-state index in [1.54, 1.807) is 6.21 Å². The number of nitrogens with zero attached hydrogens (tertiary/aromatic N) is 1. The highest BCUT2D eigenvalue weighted by Gasteiger charge is 2.45.